The first-order valence-corrected chi connectivity index (χ1v) is 5.30. The van der Waals surface area contributed by atoms with E-state index in [1.54, 1.807) is 14.2 Å². The predicted molar refractivity (Wildman–Crippen MR) is 63.2 cm³/mol. The van der Waals surface area contributed by atoms with Crippen LogP contribution in [0.3, 0.4) is 0 Å². The number of methoxy groups -OCH3 is 2. The van der Waals surface area contributed by atoms with Crippen LogP contribution in [0.25, 0.3) is 0 Å². The summed E-state index contributed by atoms with van der Waals surface area (Å²) in [4.78, 5) is 0. The fraction of sp³-hybridized carbons (Fsp3) is 0.400. The third-order valence-electron chi connectivity index (χ3n) is 2.16. The molecular formula is C10H15BrN2O2. The Labute approximate surface area is 97.7 Å². The zero-order valence-electron chi connectivity index (χ0n) is 8.79. The molecule has 4 N–H and O–H groups in total. The summed E-state index contributed by atoms with van der Waals surface area (Å²) in [6.45, 7) is 0.383. The SMILES string of the molecule is COc1cc(Br)c(C(N)CN)cc1OC. The Bertz CT molecular complexity index is 344. The molecule has 0 spiro atoms. The van der Waals surface area contributed by atoms with Crippen molar-refractivity contribution in [3.8, 4) is 11.5 Å². The van der Waals surface area contributed by atoms with Crippen molar-refractivity contribution in [2.45, 2.75) is 6.04 Å². The highest BCUT2D eigenvalue weighted by molar-refractivity contribution is 9.10. The van der Waals surface area contributed by atoms with Crippen molar-refractivity contribution in [1.82, 2.24) is 0 Å². The highest BCUT2D eigenvalue weighted by atomic mass is 79.9. The van der Waals surface area contributed by atoms with E-state index in [2.05, 4.69) is 15.9 Å². The Morgan fingerprint density at radius 3 is 2.27 bits per heavy atom. The number of benzene rings is 1. The van der Waals surface area contributed by atoms with Crippen LogP contribution in [0.2, 0.25) is 0 Å². The summed E-state index contributed by atoms with van der Waals surface area (Å²) in [5, 5.41) is 0. The molecular weight excluding hydrogens is 260 g/mol. The van der Waals surface area contributed by atoms with E-state index in [0.717, 1.165) is 10.0 Å². The summed E-state index contributed by atoms with van der Waals surface area (Å²) in [6.07, 6.45) is 0. The van der Waals surface area contributed by atoms with Gasteiger partial charge in [0.2, 0.25) is 0 Å². The van der Waals surface area contributed by atoms with Crippen LogP contribution in [-0.2, 0) is 0 Å². The summed E-state index contributed by atoms with van der Waals surface area (Å²) in [7, 11) is 3.18. The number of hydrogen-bond donors (Lipinski definition) is 2. The van der Waals surface area contributed by atoms with Crippen molar-refractivity contribution in [3.63, 3.8) is 0 Å². The standard InChI is InChI=1S/C10H15BrN2O2/c1-14-9-3-6(8(13)5-12)7(11)4-10(9)15-2/h3-4,8H,5,12-13H2,1-2H3. The third kappa shape index (κ3) is 2.62. The average Bonchev–Trinajstić information content (AvgIpc) is 2.27. The van der Waals surface area contributed by atoms with Gasteiger partial charge >= 0.3 is 0 Å². The van der Waals surface area contributed by atoms with Gasteiger partial charge in [0.25, 0.3) is 0 Å². The Morgan fingerprint density at radius 2 is 1.80 bits per heavy atom. The van der Waals surface area contributed by atoms with E-state index < -0.39 is 0 Å². The van der Waals surface area contributed by atoms with Gasteiger partial charge in [0, 0.05) is 17.1 Å². The van der Waals surface area contributed by atoms with Crippen LogP contribution in [0, 0.1) is 0 Å². The second-order valence-electron chi connectivity index (χ2n) is 3.07. The molecule has 15 heavy (non-hydrogen) atoms. The smallest absolute Gasteiger partial charge is 0.161 e. The second kappa shape index (κ2) is 5.34. The highest BCUT2D eigenvalue weighted by Gasteiger charge is 2.13. The molecule has 1 aromatic rings. The molecule has 0 amide bonds. The molecule has 5 heteroatoms. The van der Waals surface area contributed by atoms with Gasteiger partial charge in [-0.05, 0) is 17.7 Å². The van der Waals surface area contributed by atoms with E-state index in [1.807, 2.05) is 12.1 Å². The van der Waals surface area contributed by atoms with Crippen LogP contribution in [0.5, 0.6) is 11.5 Å². The Balaban J connectivity index is 3.19. The fourth-order valence-electron chi connectivity index (χ4n) is 1.28. The lowest BCUT2D eigenvalue weighted by Gasteiger charge is -2.15. The Hall–Kier alpha value is -0.780. The molecule has 1 aromatic carbocycles. The van der Waals surface area contributed by atoms with Crippen LogP contribution in [-0.4, -0.2) is 20.8 Å². The van der Waals surface area contributed by atoms with Crippen molar-refractivity contribution >= 4 is 15.9 Å². The number of nitrogens with two attached hydrogens (primary N) is 2. The maximum absolute atomic E-state index is 5.86. The maximum Gasteiger partial charge on any atom is 0.161 e. The molecule has 0 radical (unpaired) electrons. The quantitative estimate of drug-likeness (QED) is 0.872. The summed E-state index contributed by atoms with van der Waals surface area (Å²) in [5.41, 5.74) is 12.3. The molecule has 0 aliphatic rings. The van der Waals surface area contributed by atoms with E-state index in [4.69, 9.17) is 20.9 Å². The maximum atomic E-state index is 5.86. The average molecular weight is 275 g/mol. The van der Waals surface area contributed by atoms with E-state index in [1.165, 1.54) is 0 Å². The van der Waals surface area contributed by atoms with Crippen LogP contribution >= 0.6 is 15.9 Å². The zero-order valence-corrected chi connectivity index (χ0v) is 10.4. The van der Waals surface area contributed by atoms with Gasteiger partial charge in [-0.25, -0.2) is 0 Å². The molecule has 0 bridgehead atoms. The fourth-order valence-corrected chi connectivity index (χ4v) is 1.90. The minimum Gasteiger partial charge on any atom is -0.493 e. The van der Waals surface area contributed by atoms with Gasteiger partial charge in [-0.3, -0.25) is 0 Å². The predicted octanol–water partition coefficient (Wildman–Crippen LogP) is 1.42. The molecule has 0 aromatic heterocycles. The molecule has 0 aliphatic heterocycles. The van der Waals surface area contributed by atoms with Crippen LogP contribution < -0.4 is 20.9 Å². The molecule has 0 fully saturated rings. The van der Waals surface area contributed by atoms with Crippen molar-refractivity contribution in [2.75, 3.05) is 20.8 Å². The monoisotopic (exact) mass is 274 g/mol. The number of hydrogen-bond acceptors (Lipinski definition) is 4. The molecule has 1 rings (SSSR count). The lowest BCUT2D eigenvalue weighted by molar-refractivity contribution is 0.354. The Morgan fingerprint density at radius 1 is 1.27 bits per heavy atom. The van der Waals surface area contributed by atoms with Gasteiger partial charge < -0.3 is 20.9 Å². The van der Waals surface area contributed by atoms with E-state index in [0.29, 0.717) is 18.0 Å². The van der Waals surface area contributed by atoms with Gasteiger partial charge in [-0.15, -0.1) is 0 Å². The topological polar surface area (TPSA) is 70.5 Å². The lowest BCUT2D eigenvalue weighted by atomic mass is 10.1. The van der Waals surface area contributed by atoms with Gasteiger partial charge in [-0.2, -0.15) is 0 Å². The number of rotatable bonds is 4. The van der Waals surface area contributed by atoms with Crippen LogP contribution in [0.15, 0.2) is 16.6 Å². The van der Waals surface area contributed by atoms with Crippen molar-refractivity contribution in [3.05, 3.63) is 22.2 Å². The van der Waals surface area contributed by atoms with E-state index in [9.17, 15) is 0 Å². The molecule has 0 saturated carbocycles. The summed E-state index contributed by atoms with van der Waals surface area (Å²) in [5.74, 6) is 1.32. The first-order valence-electron chi connectivity index (χ1n) is 4.51. The zero-order chi connectivity index (χ0) is 11.4. The molecule has 4 nitrogen and oxygen atoms in total. The van der Waals surface area contributed by atoms with Gasteiger partial charge in [0.15, 0.2) is 11.5 Å². The molecule has 0 saturated heterocycles. The number of halogens is 1. The second-order valence-corrected chi connectivity index (χ2v) is 3.93. The lowest BCUT2D eigenvalue weighted by Crippen LogP contribution is -2.21. The summed E-state index contributed by atoms with van der Waals surface area (Å²) >= 11 is 3.42. The highest BCUT2D eigenvalue weighted by Crippen LogP contribution is 2.35. The first-order chi connectivity index (χ1) is 7.13. The molecule has 84 valence electrons. The van der Waals surface area contributed by atoms with Crippen LogP contribution in [0.1, 0.15) is 11.6 Å². The van der Waals surface area contributed by atoms with Crippen molar-refractivity contribution in [2.24, 2.45) is 11.5 Å². The van der Waals surface area contributed by atoms with Gasteiger partial charge in [0.1, 0.15) is 0 Å². The van der Waals surface area contributed by atoms with Gasteiger partial charge in [0.05, 0.1) is 14.2 Å². The largest absolute Gasteiger partial charge is 0.493 e. The minimum atomic E-state index is -0.209. The third-order valence-corrected chi connectivity index (χ3v) is 2.84. The van der Waals surface area contributed by atoms with Crippen molar-refractivity contribution in [1.29, 1.82) is 0 Å². The molecule has 1 unspecified atom stereocenters. The normalized spacial score (nSPS) is 12.3. The summed E-state index contributed by atoms with van der Waals surface area (Å²) in [6, 6.07) is 3.45. The van der Waals surface area contributed by atoms with Gasteiger partial charge in [-0.1, -0.05) is 15.9 Å². The Kier molecular flexibility index (Phi) is 4.38. The van der Waals surface area contributed by atoms with E-state index >= 15 is 0 Å². The molecule has 0 heterocycles. The minimum absolute atomic E-state index is 0.209. The van der Waals surface area contributed by atoms with E-state index in [-0.39, 0.29) is 6.04 Å². The first kappa shape index (κ1) is 12.3. The molecule has 0 aliphatic carbocycles. The summed E-state index contributed by atoms with van der Waals surface area (Å²) < 4.78 is 11.2. The molecule has 1 atom stereocenters. The van der Waals surface area contributed by atoms with Crippen molar-refractivity contribution < 1.29 is 9.47 Å². The van der Waals surface area contributed by atoms with Crippen LogP contribution in [0.4, 0.5) is 0 Å². The number of ether oxygens (including phenoxy) is 2.